The lowest BCUT2D eigenvalue weighted by Crippen LogP contribution is -2.38. The number of nitrogens with zero attached hydrogens (tertiary/aromatic N) is 2. The van der Waals surface area contributed by atoms with Crippen molar-refractivity contribution in [2.24, 2.45) is 4.99 Å². The average Bonchev–Trinajstić information content (AvgIpc) is 2.61. The highest BCUT2D eigenvalue weighted by Crippen LogP contribution is 2.16. The minimum atomic E-state index is -3.21. The quantitative estimate of drug-likeness (QED) is 0.413. The van der Waals surface area contributed by atoms with Crippen LogP contribution in [0.2, 0.25) is 5.02 Å². The van der Waals surface area contributed by atoms with Crippen LogP contribution in [0.4, 0.5) is 0 Å². The van der Waals surface area contributed by atoms with Gasteiger partial charge in [-0.2, -0.15) is 0 Å². The number of ether oxygens (including phenoxy) is 1. The lowest BCUT2D eigenvalue weighted by molar-refractivity contribution is 0.309. The van der Waals surface area contributed by atoms with E-state index < -0.39 is 9.84 Å². The fraction of sp³-hybridized carbons (Fsp3) is 0.333. The van der Waals surface area contributed by atoms with Gasteiger partial charge in [-0.1, -0.05) is 23.7 Å². The third-order valence-corrected chi connectivity index (χ3v) is 5.15. The number of rotatable bonds is 7. The summed E-state index contributed by atoms with van der Waals surface area (Å²) < 4.78 is 28.9. The van der Waals surface area contributed by atoms with Crippen LogP contribution < -0.4 is 15.4 Å². The molecule has 7 nitrogen and oxygen atoms in total. The van der Waals surface area contributed by atoms with E-state index in [0.717, 1.165) is 11.1 Å². The molecule has 0 fully saturated rings. The average molecular weight is 411 g/mol. The van der Waals surface area contributed by atoms with Gasteiger partial charge < -0.3 is 15.4 Å². The summed E-state index contributed by atoms with van der Waals surface area (Å²) in [6, 6.07) is 8.70. The van der Waals surface area contributed by atoms with Crippen molar-refractivity contribution in [1.29, 1.82) is 0 Å². The first-order valence-electron chi connectivity index (χ1n) is 8.28. The van der Waals surface area contributed by atoms with E-state index in [1.54, 1.807) is 38.2 Å². The van der Waals surface area contributed by atoms with Gasteiger partial charge in [0.25, 0.3) is 0 Å². The van der Waals surface area contributed by atoms with Crippen LogP contribution in [-0.4, -0.2) is 45.8 Å². The zero-order valence-corrected chi connectivity index (χ0v) is 17.1. The molecule has 1 heterocycles. The van der Waals surface area contributed by atoms with Crippen LogP contribution in [0, 0.1) is 6.92 Å². The molecule has 0 spiro atoms. The van der Waals surface area contributed by atoms with Gasteiger partial charge in [-0.15, -0.1) is 0 Å². The number of hydrogen-bond acceptors (Lipinski definition) is 5. The molecule has 0 aliphatic rings. The summed E-state index contributed by atoms with van der Waals surface area (Å²) in [5, 5.41) is 6.87. The number of halogens is 1. The van der Waals surface area contributed by atoms with Crippen LogP contribution in [0.25, 0.3) is 0 Å². The van der Waals surface area contributed by atoms with Crippen molar-refractivity contribution in [1.82, 2.24) is 15.6 Å². The van der Waals surface area contributed by atoms with Crippen LogP contribution in [0.15, 0.2) is 46.4 Å². The molecule has 1 aromatic heterocycles. The number of aromatic nitrogens is 1. The molecule has 0 bridgehead atoms. The van der Waals surface area contributed by atoms with E-state index in [0.29, 0.717) is 41.5 Å². The van der Waals surface area contributed by atoms with Crippen LogP contribution in [0.1, 0.15) is 11.1 Å². The second-order valence-electron chi connectivity index (χ2n) is 5.89. The molecule has 1 aromatic carbocycles. The summed E-state index contributed by atoms with van der Waals surface area (Å²) in [7, 11) is -1.53. The minimum Gasteiger partial charge on any atom is -0.476 e. The number of nitrogens with one attached hydrogen (secondary N) is 2. The maximum atomic E-state index is 11.7. The van der Waals surface area contributed by atoms with Gasteiger partial charge >= 0.3 is 0 Å². The Morgan fingerprint density at radius 1 is 1.26 bits per heavy atom. The molecular formula is C18H23ClN4O3S. The number of aryl methyl sites for hydroxylation is 1. The molecule has 2 aromatic rings. The van der Waals surface area contributed by atoms with Crippen LogP contribution in [-0.2, 0) is 16.4 Å². The number of pyridine rings is 1. The topological polar surface area (TPSA) is 92.7 Å². The van der Waals surface area contributed by atoms with Crippen LogP contribution >= 0.6 is 11.6 Å². The van der Waals surface area contributed by atoms with Gasteiger partial charge in [0.2, 0.25) is 5.88 Å². The molecule has 0 aliphatic heterocycles. The summed E-state index contributed by atoms with van der Waals surface area (Å²) in [5.41, 5.74) is 1.69. The standard InChI is InChI=1S/C18H23ClN4O3S/c1-13-10-14(4-6-16(13)27(3,24)25)11-23-18(20-2)21-8-9-26-17-7-5-15(19)12-22-17/h4-7,10,12H,8-9,11H2,1-3H3,(H2,20,21,23). The number of benzene rings is 1. The molecule has 0 aliphatic carbocycles. The Morgan fingerprint density at radius 3 is 2.63 bits per heavy atom. The Hall–Kier alpha value is -2.32. The van der Waals surface area contributed by atoms with Crippen molar-refractivity contribution in [3.05, 3.63) is 52.7 Å². The number of aliphatic imine (C=N–C) groups is 1. The first-order chi connectivity index (χ1) is 12.8. The molecule has 2 N–H and O–H groups in total. The van der Waals surface area contributed by atoms with E-state index in [1.807, 2.05) is 6.07 Å². The van der Waals surface area contributed by atoms with Gasteiger partial charge in [0.1, 0.15) is 6.61 Å². The van der Waals surface area contributed by atoms with Crippen molar-refractivity contribution in [3.63, 3.8) is 0 Å². The minimum absolute atomic E-state index is 0.349. The van der Waals surface area contributed by atoms with Crippen molar-refractivity contribution < 1.29 is 13.2 Å². The zero-order valence-electron chi connectivity index (χ0n) is 15.5. The molecule has 0 atom stereocenters. The molecule has 0 saturated heterocycles. The summed E-state index contributed by atoms with van der Waals surface area (Å²) in [6.45, 7) is 3.26. The van der Waals surface area contributed by atoms with E-state index in [2.05, 4.69) is 20.6 Å². The Bertz CT molecular complexity index is 899. The zero-order chi connectivity index (χ0) is 19.9. The van der Waals surface area contributed by atoms with Gasteiger partial charge in [0.05, 0.1) is 16.5 Å². The molecule has 146 valence electrons. The maximum Gasteiger partial charge on any atom is 0.213 e. The fourth-order valence-electron chi connectivity index (χ4n) is 2.42. The van der Waals surface area contributed by atoms with Crippen molar-refractivity contribution >= 4 is 27.4 Å². The first kappa shape index (κ1) is 21.0. The molecule has 9 heteroatoms. The van der Waals surface area contributed by atoms with Gasteiger partial charge in [-0.25, -0.2) is 13.4 Å². The van der Waals surface area contributed by atoms with Crippen LogP contribution in [0.3, 0.4) is 0 Å². The smallest absolute Gasteiger partial charge is 0.213 e. The SMILES string of the molecule is CN=C(NCCOc1ccc(Cl)cn1)NCc1ccc(S(C)(=O)=O)c(C)c1. The van der Waals surface area contributed by atoms with Crippen molar-refractivity contribution in [2.45, 2.75) is 18.4 Å². The van der Waals surface area contributed by atoms with E-state index in [1.165, 1.54) is 12.5 Å². The molecule has 0 amide bonds. The largest absolute Gasteiger partial charge is 0.476 e. The number of hydrogen-bond donors (Lipinski definition) is 2. The Labute approximate surface area is 164 Å². The summed E-state index contributed by atoms with van der Waals surface area (Å²) in [6.07, 6.45) is 2.74. The maximum absolute atomic E-state index is 11.7. The molecule has 2 rings (SSSR count). The summed E-state index contributed by atoms with van der Waals surface area (Å²) in [4.78, 5) is 8.55. The van der Waals surface area contributed by atoms with Crippen LogP contribution in [0.5, 0.6) is 5.88 Å². The summed E-state index contributed by atoms with van der Waals surface area (Å²) in [5.74, 6) is 1.12. The van der Waals surface area contributed by atoms with Crippen molar-refractivity contribution in [3.8, 4) is 5.88 Å². The second-order valence-corrected chi connectivity index (χ2v) is 8.31. The molecule has 0 saturated carbocycles. The molecule has 0 radical (unpaired) electrons. The lowest BCUT2D eigenvalue weighted by Gasteiger charge is -2.13. The van der Waals surface area contributed by atoms with E-state index in [9.17, 15) is 8.42 Å². The van der Waals surface area contributed by atoms with Gasteiger partial charge in [-0.3, -0.25) is 4.99 Å². The Kier molecular flexibility index (Phi) is 7.44. The highest BCUT2D eigenvalue weighted by molar-refractivity contribution is 7.90. The molecular weight excluding hydrogens is 388 g/mol. The highest BCUT2D eigenvalue weighted by atomic mass is 35.5. The van der Waals surface area contributed by atoms with E-state index in [-0.39, 0.29) is 0 Å². The highest BCUT2D eigenvalue weighted by Gasteiger charge is 2.10. The normalized spacial score (nSPS) is 11.9. The third-order valence-electron chi connectivity index (χ3n) is 3.67. The monoisotopic (exact) mass is 410 g/mol. The second kappa shape index (κ2) is 9.57. The van der Waals surface area contributed by atoms with Gasteiger partial charge in [0, 0.05) is 32.1 Å². The predicted octanol–water partition coefficient (Wildman–Crippen LogP) is 2.19. The number of sulfone groups is 1. The summed E-state index contributed by atoms with van der Waals surface area (Å²) >= 11 is 5.77. The van der Waals surface area contributed by atoms with E-state index >= 15 is 0 Å². The number of guanidine groups is 1. The van der Waals surface area contributed by atoms with Crippen molar-refractivity contribution in [2.75, 3.05) is 26.5 Å². The predicted molar refractivity (Wildman–Crippen MR) is 107 cm³/mol. The Balaban J connectivity index is 1.80. The third kappa shape index (κ3) is 6.73. The lowest BCUT2D eigenvalue weighted by atomic mass is 10.1. The van der Waals surface area contributed by atoms with E-state index in [4.69, 9.17) is 16.3 Å². The molecule has 27 heavy (non-hydrogen) atoms. The Morgan fingerprint density at radius 2 is 2.04 bits per heavy atom. The van der Waals surface area contributed by atoms with Gasteiger partial charge in [-0.05, 0) is 30.2 Å². The van der Waals surface area contributed by atoms with Gasteiger partial charge in [0.15, 0.2) is 15.8 Å². The molecule has 0 unspecified atom stereocenters. The first-order valence-corrected chi connectivity index (χ1v) is 10.5. The fourth-order valence-corrected chi connectivity index (χ4v) is 3.49.